The predicted molar refractivity (Wildman–Crippen MR) is 63.6 cm³/mol. The SMILES string of the molecule is CNC(=O)CNc1ncc(N)c(C)c1Br. The van der Waals surface area contributed by atoms with E-state index in [0.29, 0.717) is 11.5 Å². The number of carbonyl (C=O) groups is 1. The maximum atomic E-state index is 11.0. The molecule has 1 rings (SSSR count). The van der Waals surface area contributed by atoms with Gasteiger partial charge in [-0.1, -0.05) is 0 Å². The molecular weight excluding hydrogens is 260 g/mol. The van der Waals surface area contributed by atoms with Crippen LogP contribution in [0.1, 0.15) is 5.56 Å². The van der Waals surface area contributed by atoms with E-state index in [1.54, 1.807) is 13.2 Å². The van der Waals surface area contributed by atoms with Gasteiger partial charge in [-0.15, -0.1) is 0 Å². The first-order valence-electron chi connectivity index (χ1n) is 4.41. The number of nitrogen functional groups attached to an aromatic ring is 1. The third kappa shape index (κ3) is 2.82. The summed E-state index contributed by atoms with van der Waals surface area (Å²) in [5.41, 5.74) is 7.20. The van der Waals surface area contributed by atoms with Crippen molar-refractivity contribution in [1.82, 2.24) is 10.3 Å². The minimum atomic E-state index is -0.0989. The van der Waals surface area contributed by atoms with Gasteiger partial charge in [0, 0.05) is 7.05 Å². The Morgan fingerprint density at radius 3 is 2.93 bits per heavy atom. The van der Waals surface area contributed by atoms with Crippen LogP contribution in [0.15, 0.2) is 10.7 Å². The van der Waals surface area contributed by atoms with E-state index in [4.69, 9.17) is 5.73 Å². The number of pyridine rings is 1. The van der Waals surface area contributed by atoms with Crippen LogP contribution in [0.25, 0.3) is 0 Å². The first-order valence-corrected chi connectivity index (χ1v) is 5.20. The molecule has 6 heteroatoms. The van der Waals surface area contributed by atoms with Gasteiger partial charge in [-0.2, -0.15) is 0 Å². The Bertz CT molecular complexity index is 381. The standard InChI is InChI=1S/C9H13BrN4O/c1-5-6(11)3-13-9(8(5)10)14-4-7(15)12-2/h3H,4,11H2,1-2H3,(H,12,15)(H,13,14). The molecule has 0 atom stereocenters. The van der Waals surface area contributed by atoms with Crippen LogP contribution < -0.4 is 16.4 Å². The van der Waals surface area contributed by atoms with Crippen molar-refractivity contribution in [3.63, 3.8) is 0 Å². The van der Waals surface area contributed by atoms with Crippen molar-refractivity contribution in [3.05, 3.63) is 16.2 Å². The molecule has 15 heavy (non-hydrogen) atoms. The maximum Gasteiger partial charge on any atom is 0.239 e. The summed E-state index contributed by atoms with van der Waals surface area (Å²) in [6, 6.07) is 0. The molecule has 0 aliphatic carbocycles. The lowest BCUT2D eigenvalue weighted by atomic mass is 10.2. The van der Waals surface area contributed by atoms with Gasteiger partial charge in [0.05, 0.1) is 22.9 Å². The van der Waals surface area contributed by atoms with E-state index in [9.17, 15) is 4.79 Å². The summed E-state index contributed by atoms with van der Waals surface area (Å²) in [5, 5.41) is 5.42. The van der Waals surface area contributed by atoms with Gasteiger partial charge in [-0.3, -0.25) is 4.79 Å². The molecular formula is C9H13BrN4O. The Morgan fingerprint density at radius 1 is 1.67 bits per heavy atom. The Balaban J connectivity index is 2.78. The highest BCUT2D eigenvalue weighted by Crippen LogP contribution is 2.27. The second-order valence-electron chi connectivity index (χ2n) is 3.03. The van der Waals surface area contributed by atoms with E-state index < -0.39 is 0 Å². The molecule has 0 aliphatic rings. The van der Waals surface area contributed by atoms with Gasteiger partial charge in [0.1, 0.15) is 5.82 Å². The van der Waals surface area contributed by atoms with Crippen molar-refractivity contribution >= 4 is 33.3 Å². The van der Waals surface area contributed by atoms with Crippen molar-refractivity contribution in [2.45, 2.75) is 6.92 Å². The Labute approximate surface area is 96.6 Å². The highest BCUT2D eigenvalue weighted by molar-refractivity contribution is 9.10. The summed E-state index contributed by atoms with van der Waals surface area (Å²) >= 11 is 3.37. The van der Waals surface area contributed by atoms with Crippen LogP contribution in [-0.4, -0.2) is 24.5 Å². The van der Waals surface area contributed by atoms with E-state index in [2.05, 4.69) is 31.5 Å². The molecule has 0 saturated carbocycles. The van der Waals surface area contributed by atoms with Crippen molar-refractivity contribution in [1.29, 1.82) is 0 Å². The molecule has 0 radical (unpaired) electrons. The fraction of sp³-hybridized carbons (Fsp3) is 0.333. The van der Waals surface area contributed by atoms with Gasteiger partial charge in [-0.25, -0.2) is 4.98 Å². The first-order chi connectivity index (χ1) is 7.06. The zero-order valence-corrected chi connectivity index (χ0v) is 10.2. The first kappa shape index (κ1) is 11.8. The number of rotatable bonds is 3. The molecule has 1 amide bonds. The van der Waals surface area contributed by atoms with Gasteiger partial charge in [-0.05, 0) is 28.4 Å². The normalized spacial score (nSPS) is 9.80. The molecule has 1 aromatic rings. The molecule has 0 aromatic carbocycles. The number of nitrogens with one attached hydrogen (secondary N) is 2. The molecule has 0 saturated heterocycles. The zero-order chi connectivity index (χ0) is 11.4. The number of hydrogen-bond acceptors (Lipinski definition) is 4. The van der Waals surface area contributed by atoms with E-state index in [1.807, 2.05) is 6.92 Å². The number of anilines is 2. The van der Waals surface area contributed by atoms with Crippen molar-refractivity contribution < 1.29 is 4.79 Å². The molecule has 5 nitrogen and oxygen atoms in total. The third-order valence-corrected chi connectivity index (χ3v) is 2.97. The number of amides is 1. The number of aromatic nitrogens is 1. The molecule has 0 aliphatic heterocycles. The Morgan fingerprint density at radius 2 is 2.33 bits per heavy atom. The van der Waals surface area contributed by atoms with Gasteiger partial charge >= 0.3 is 0 Å². The van der Waals surface area contributed by atoms with Crippen LogP contribution >= 0.6 is 15.9 Å². The summed E-state index contributed by atoms with van der Waals surface area (Å²) in [4.78, 5) is 15.1. The van der Waals surface area contributed by atoms with E-state index in [0.717, 1.165) is 10.0 Å². The summed E-state index contributed by atoms with van der Waals surface area (Å²) in [6.07, 6.45) is 1.56. The highest BCUT2D eigenvalue weighted by Gasteiger charge is 2.07. The average molecular weight is 273 g/mol. The van der Waals surface area contributed by atoms with Gasteiger partial charge in [0.2, 0.25) is 5.91 Å². The molecule has 0 unspecified atom stereocenters. The molecule has 0 bridgehead atoms. The quantitative estimate of drug-likeness (QED) is 0.764. The average Bonchev–Trinajstić information content (AvgIpc) is 2.24. The van der Waals surface area contributed by atoms with Crippen molar-refractivity contribution in [3.8, 4) is 0 Å². The summed E-state index contributed by atoms with van der Waals surface area (Å²) in [6.45, 7) is 2.07. The number of carbonyl (C=O) groups excluding carboxylic acids is 1. The van der Waals surface area contributed by atoms with E-state index in [1.165, 1.54) is 0 Å². The van der Waals surface area contributed by atoms with Crippen molar-refractivity contribution in [2.24, 2.45) is 0 Å². The van der Waals surface area contributed by atoms with Gasteiger partial charge in [0.15, 0.2) is 0 Å². The topological polar surface area (TPSA) is 80.0 Å². The predicted octanol–water partition coefficient (Wildman–Crippen LogP) is 0.893. The second-order valence-corrected chi connectivity index (χ2v) is 3.82. The smallest absolute Gasteiger partial charge is 0.239 e. The van der Waals surface area contributed by atoms with Crippen LogP contribution in [0.3, 0.4) is 0 Å². The molecule has 0 fully saturated rings. The summed E-state index contributed by atoms with van der Waals surface area (Å²) < 4.78 is 0.784. The summed E-state index contributed by atoms with van der Waals surface area (Å²) in [7, 11) is 1.58. The largest absolute Gasteiger partial charge is 0.397 e. The fourth-order valence-electron chi connectivity index (χ4n) is 0.968. The number of nitrogens with two attached hydrogens (primary N) is 1. The number of hydrogen-bond donors (Lipinski definition) is 3. The highest BCUT2D eigenvalue weighted by atomic mass is 79.9. The minimum absolute atomic E-state index is 0.0989. The molecule has 1 aromatic heterocycles. The molecule has 1 heterocycles. The van der Waals surface area contributed by atoms with Crippen LogP contribution in [0.2, 0.25) is 0 Å². The Kier molecular flexibility index (Phi) is 3.90. The van der Waals surface area contributed by atoms with Crippen LogP contribution in [0.5, 0.6) is 0 Å². The Hall–Kier alpha value is -1.30. The van der Waals surface area contributed by atoms with Crippen LogP contribution in [-0.2, 0) is 4.79 Å². The van der Waals surface area contributed by atoms with E-state index in [-0.39, 0.29) is 12.5 Å². The van der Waals surface area contributed by atoms with Gasteiger partial charge in [0.25, 0.3) is 0 Å². The lowest BCUT2D eigenvalue weighted by Crippen LogP contribution is -2.26. The third-order valence-electron chi connectivity index (χ3n) is 2.00. The lowest BCUT2D eigenvalue weighted by molar-refractivity contribution is -0.118. The van der Waals surface area contributed by atoms with Crippen LogP contribution in [0, 0.1) is 6.92 Å². The maximum absolute atomic E-state index is 11.0. The lowest BCUT2D eigenvalue weighted by Gasteiger charge is -2.09. The summed E-state index contributed by atoms with van der Waals surface area (Å²) in [5.74, 6) is 0.517. The minimum Gasteiger partial charge on any atom is -0.397 e. The number of likely N-dealkylation sites (N-methyl/N-ethyl adjacent to an activating group) is 1. The monoisotopic (exact) mass is 272 g/mol. The molecule has 0 spiro atoms. The van der Waals surface area contributed by atoms with Crippen LogP contribution in [0.4, 0.5) is 11.5 Å². The molecule has 82 valence electrons. The molecule has 4 N–H and O–H groups in total. The second kappa shape index (κ2) is 4.97. The van der Waals surface area contributed by atoms with Gasteiger partial charge < -0.3 is 16.4 Å². The van der Waals surface area contributed by atoms with Crippen molar-refractivity contribution in [2.75, 3.05) is 24.6 Å². The van der Waals surface area contributed by atoms with E-state index >= 15 is 0 Å². The number of nitrogens with zero attached hydrogens (tertiary/aromatic N) is 1. The zero-order valence-electron chi connectivity index (χ0n) is 8.60. The fourth-order valence-corrected chi connectivity index (χ4v) is 1.44. The number of halogens is 1.